The summed E-state index contributed by atoms with van der Waals surface area (Å²) in [4.78, 5) is 52.2. The van der Waals surface area contributed by atoms with Crippen LogP contribution in [0, 0.1) is 34.1 Å². The zero-order valence-electron chi connectivity index (χ0n) is 25.9. The molecule has 4 aromatic rings. The van der Waals surface area contributed by atoms with Crippen LogP contribution in [0.4, 0.5) is 11.4 Å². The number of aliphatic imine (C=N–C) groups is 2. The summed E-state index contributed by atoms with van der Waals surface area (Å²) in [7, 11) is -4.30. The molecule has 16 nitrogen and oxygen atoms in total. The van der Waals surface area contributed by atoms with Gasteiger partial charge in [0.1, 0.15) is 4.90 Å². The highest BCUT2D eigenvalue weighted by molar-refractivity contribution is 7.99. The molecule has 4 aromatic carbocycles. The van der Waals surface area contributed by atoms with Gasteiger partial charge in [-0.2, -0.15) is 9.98 Å². The van der Waals surface area contributed by atoms with Crippen molar-refractivity contribution >= 4 is 79.9 Å². The quantitative estimate of drug-likeness (QED) is 0.0803. The lowest BCUT2D eigenvalue weighted by Gasteiger charge is -2.10. The molecule has 0 aliphatic rings. The lowest BCUT2D eigenvalue weighted by molar-refractivity contribution is -0.388. The molecule has 0 fully saturated rings. The Balaban J connectivity index is 0.000000271. The van der Waals surface area contributed by atoms with Gasteiger partial charge in [-0.05, 0) is 61.4 Å². The first kappa shape index (κ1) is 38.9. The lowest BCUT2D eigenvalue weighted by atomic mass is 10.1. The fourth-order valence-corrected chi connectivity index (χ4v) is 7.44. The summed E-state index contributed by atoms with van der Waals surface area (Å²) in [5.41, 5.74) is 20.2. The van der Waals surface area contributed by atoms with Crippen molar-refractivity contribution < 1.29 is 27.9 Å². The van der Waals surface area contributed by atoms with Crippen LogP contribution < -0.4 is 22.9 Å². The van der Waals surface area contributed by atoms with Crippen molar-refractivity contribution in [3.05, 3.63) is 125 Å². The standard InChI is InChI=1S/C15H13ClN4O5S.C15H13ClN4O3S/c1-8-6-13(26(24,25)12-5-3-2-4-10(12)16)11(20(22)23)7-9(8)14(21)19-15(17)18;1-8-6-13(24-12-5-3-2-4-10(12)16)11(20(22)23)7-9(8)14(21)19-15(17)18/h2-7H,1H3,(H4,17,18,19,21);2-7H,1H3,(H4,17,18,19,21). The summed E-state index contributed by atoms with van der Waals surface area (Å²) in [6.07, 6.45) is 0. The van der Waals surface area contributed by atoms with E-state index in [0.29, 0.717) is 20.4 Å². The minimum Gasteiger partial charge on any atom is -0.370 e. The highest BCUT2D eigenvalue weighted by Crippen LogP contribution is 2.40. The molecule has 20 heteroatoms. The zero-order chi connectivity index (χ0) is 37.5. The number of amides is 2. The second-order valence-electron chi connectivity index (χ2n) is 9.93. The molecule has 0 aliphatic carbocycles. The highest BCUT2D eigenvalue weighted by Gasteiger charge is 2.31. The molecule has 50 heavy (non-hydrogen) atoms. The molecular weight excluding hydrogens is 735 g/mol. The van der Waals surface area contributed by atoms with Gasteiger partial charge in [0.15, 0.2) is 11.9 Å². The van der Waals surface area contributed by atoms with Gasteiger partial charge in [-0.1, -0.05) is 59.2 Å². The molecule has 0 spiro atoms. The Morgan fingerprint density at radius 3 is 1.62 bits per heavy atom. The largest absolute Gasteiger partial charge is 0.370 e. The second kappa shape index (κ2) is 16.2. The first-order chi connectivity index (χ1) is 23.3. The summed E-state index contributed by atoms with van der Waals surface area (Å²) in [6.45, 7) is 3.06. The molecule has 2 amide bonds. The minimum absolute atomic E-state index is 0.0682. The van der Waals surface area contributed by atoms with Crippen LogP contribution in [0.1, 0.15) is 31.8 Å². The molecule has 260 valence electrons. The number of guanidine groups is 2. The molecule has 0 atom stereocenters. The molecule has 0 unspecified atom stereocenters. The summed E-state index contributed by atoms with van der Waals surface area (Å²) in [6, 6.07) is 17.1. The third-order valence-corrected chi connectivity index (χ3v) is 10.2. The van der Waals surface area contributed by atoms with Crippen molar-refractivity contribution in [2.75, 3.05) is 0 Å². The average molecular weight is 762 g/mol. The third kappa shape index (κ3) is 9.32. The van der Waals surface area contributed by atoms with Crippen molar-refractivity contribution in [3.63, 3.8) is 0 Å². The Hall–Kier alpha value is -5.56. The van der Waals surface area contributed by atoms with Gasteiger partial charge in [0.2, 0.25) is 9.84 Å². The van der Waals surface area contributed by atoms with Gasteiger partial charge in [0.05, 0.1) is 40.8 Å². The van der Waals surface area contributed by atoms with E-state index in [-0.39, 0.29) is 32.3 Å². The first-order valence-electron chi connectivity index (χ1n) is 13.6. The molecule has 8 N–H and O–H groups in total. The molecular formula is C30H26Cl2N8O8S2. The Labute approximate surface area is 298 Å². The van der Waals surface area contributed by atoms with E-state index in [1.54, 1.807) is 37.3 Å². The van der Waals surface area contributed by atoms with Crippen molar-refractivity contribution in [2.45, 2.75) is 33.4 Å². The van der Waals surface area contributed by atoms with Gasteiger partial charge in [-0.3, -0.25) is 29.8 Å². The Bertz CT molecular complexity index is 2210. The molecule has 0 aromatic heterocycles. The number of carbonyl (C=O) groups excluding carboxylic acids is 2. The number of hydrogen-bond donors (Lipinski definition) is 4. The normalized spacial score (nSPS) is 10.6. The topological polar surface area (TPSA) is 283 Å². The molecule has 0 radical (unpaired) electrons. The number of nitrogens with zero attached hydrogens (tertiary/aromatic N) is 4. The van der Waals surface area contributed by atoms with E-state index in [1.807, 2.05) is 0 Å². The Morgan fingerprint density at radius 1 is 0.680 bits per heavy atom. The second-order valence-corrected chi connectivity index (χ2v) is 13.7. The smallest absolute Gasteiger partial charge is 0.289 e. The van der Waals surface area contributed by atoms with Crippen LogP contribution in [0.3, 0.4) is 0 Å². The summed E-state index contributed by atoms with van der Waals surface area (Å²) in [5.74, 6) is -2.58. The molecule has 0 saturated heterocycles. The summed E-state index contributed by atoms with van der Waals surface area (Å²) >= 11 is 13.2. The van der Waals surface area contributed by atoms with Crippen molar-refractivity contribution in [1.82, 2.24) is 0 Å². The number of rotatable bonds is 8. The van der Waals surface area contributed by atoms with E-state index in [4.69, 9.17) is 46.1 Å². The average Bonchev–Trinajstić information content (AvgIpc) is 3.01. The Kier molecular flexibility index (Phi) is 12.6. The molecule has 0 aliphatic heterocycles. The number of nitro groups is 2. The zero-order valence-corrected chi connectivity index (χ0v) is 29.0. The van der Waals surface area contributed by atoms with Crippen molar-refractivity contribution in [1.29, 1.82) is 0 Å². The SMILES string of the molecule is Cc1cc(S(=O)(=O)c2ccccc2Cl)c([N+](=O)[O-])cc1C(=O)N=C(N)N.Cc1cc(Sc2ccccc2Cl)c([N+](=O)[O-])cc1C(=O)N=C(N)N. The van der Waals surface area contributed by atoms with Crippen LogP contribution in [0.15, 0.2) is 102 Å². The fourth-order valence-electron chi connectivity index (χ4n) is 4.17. The Morgan fingerprint density at radius 2 is 1.14 bits per heavy atom. The predicted octanol–water partition coefficient (Wildman–Crippen LogP) is 4.92. The number of carbonyl (C=O) groups is 2. The van der Waals surface area contributed by atoms with Crippen molar-refractivity contribution in [2.24, 2.45) is 32.9 Å². The summed E-state index contributed by atoms with van der Waals surface area (Å²) in [5, 5.41) is 23.2. The van der Waals surface area contributed by atoms with Gasteiger partial charge in [0.25, 0.3) is 23.2 Å². The monoisotopic (exact) mass is 760 g/mol. The molecule has 0 heterocycles. The van der Waals surface area contributed by atoms with Gasteiger partial charge in [-0.25, -0.2) is 8.42 Å². The van der Waals surface area contributed by atoms with Crippen LogP contribution in [0.25, 0.3) is 0 Å². The number of halogens is 2. The molecule has 0 bridgehead atoms. The first-order valence-corrected chi connectivity index (χ1v) is 16.7. The van der Waals surface area contributed by atoms with Gasteiger partial charge < -0.3 is 22.9 Å². The number of nitro benzene ring substituents is 2. The van der Waals surface area contributed by atoms with Crippen LogP contribution >= 0.6 is 35.0 Å². The van der Waals surface area contributed by atoms with E-state index in [1.165, 1.54) is 37.3 Å². The number of benzene rings is 4. The maximum atomic E-state index is 12.8. The summed E-state index contributed by atoms with van der Waals surface area (Å²) < 4.78 is 25.7. The van der Waals surface area contributed by atoms with E-state index in [9.17, 15) is 38.2 Å². The van der Waals surface area contributed by atoms with E-state index in [0.717, 1.165) is 23.9 Å². The van der Waals surface area contributed by atoms with E-state index < -0.39 is 54.0 Å². The molecule has 4 rings (SSSR count). The van der Waals surface area contributed by atoms with Crippen LogP contribution in [-0.4, -0.2) is 42.0 Å². The fraction of sp³-hybridized carbons (Fsp3) is 0.0667. The number of nitrogens with two attached hydrogens (primary N) is 4. The number of sulfone groups is 1. The lowest BCUT2D eigenvalue weighted by Crippen LogP contribution is -2.24. The third-order valence-electron chi connectivity index (χ3n) is 6.40. The van der Waals surface area contributed by atoms with Crippen LogP contribution in [0.2, 0.25) is 10.0 Å². The molecule has 0 saturated carbocycles. The maximum Gasteiger partial charge on any atom is 0.289 e. The highest BCUT2D eigenvalue weighted by atomic mass is 35.5. The van der Waals surface area contributed by atoms with Gasteiger partial charge in [0, 0.05) is 17.0 Å². The number of hydrogen-bond acceptors (Lipinski definition) is 9. The predicted molar refractivity (Wildman–Crippen MR) is 188 cm³/mol. The van der Waals surface area contributed by atoms with Crippen molar-refractivity contribution in [3.8, 4) is 0 Å². The number of aryl methyl sites for hydroxylation is 2. The van der Waals surface area contributed by atoms with E-state index in [2.05, 4.69) is 9.98 Å². The van der Waals surface area contributed by atoms with Gasteiger partial charge in [-0.15, -0.1) is 0 Å². The maximum absolute atomic E-state index is 12.8. The van der Waals surface area contributed by atoms with Crippen LogP contribution in [0.5, 0.6) is 0 Å². The van der Waals surface area contributed by atoms with Gasteiger partial charge >= 0.3 is 0 Å². The van der Waals surface area contributed by atoms with E-state index >= 15 is 0 Å². The van der Waals surface area contributed by atoms with Crippen LogP contribution in [-0.2, 0) is 9.84 Å². The minimum atomic E-state index is -4.30.